The molecule has 0 unspecified atom stereocenters. The van der Waals surface area contributed by atoms with Crippen LogP contribution < -0.4 is 0 Å². The number of allylic oxidation sites excluding steroid dienone is 4. The molecule has 2 fully saturated rings. The van der Waals surface area contributed by atoms with Crippen LogP contribution in [-0.4, -0.2) is 17.5 Å². The third-order valence-electron chi connectivity index (χ3n) is 11.8. The molecule has 4 rings (SSSR count). The van der Waals surface area contributed by atoms with Crippen molar-refractivity contribution >= 4 is 6.29 Å². The highest BCUT2D eigenvalue weighted by molar-refractivity contribution is 5.71. The van der Waals surface area contributed by atoms with E-state index >= 15 is 0 Å². The molecule has 4 aliphatic carbocycles. The quantitative estimate of drug-likeness (QED) is 0.271. The highest BCUT2D eigenvalue weighted by Gasteiger charge is 2.63. The van der Waals surface area contributed by atoms with Gasteiger partial charge >= 0.3 is 0 Å². The Kier molecular flexibility index (Phi) is 6.14. The van der Waals surface area contributed by atoms with Crippen LogP contribution in [0.2, 0.25) is 0 Å². The molecule has 0 aromatic heterocycles. The fraction of sp³-hybridized carbons (Fsp3) is 0.833. The van der Waals surface area contributed by atoms with E-state index < -0.39 is 0 Å². The monoisotopic (exact) mass is 440 g/mol. The first-order chi connectivity index (χ1) is 14.9. The summed E-state index contributed by atoms with van der Waals surface area (Å²) in [5.41, 5.74) is 5.55. The van der Waals surface area contributed by atoms with Gasteiger partial charge in [-0.3, -0.25) is 4.79 Å². The summed E-state index contributed by atoms with van der Waals surface area (Å²) >= 11 is 0. The van der Waals surface area contributed by atoms with Gasteiger partial charge in [-0.05, 0) is 116 Å². The summed E-state index contributed by atoms with van der Waals surface area (Å²) in [5.74, 6) is 2.09. The van der Waals surface area contributed by atoms with Crippen molar-refractivity contribution in [2.24, 2.45) is 39.4 Å². The van der Waals surface area contributed by atoms with Crippen molar-refractivity contribution in [1.82, 2.24) is 0 Å². The Balaban J connectivity index is 1.62. The van der Waals surface area contributed by atoms with Crippen molar-refractivity contribution in [2.75, 3.05) is 0 Å². The van der Waals surface area contributed by atoms with Crippen LogP contribution in [0.25, 0.3) is 0 Å². The van der Waals surface area contributed by atoms with E-state index in [2.05, 4.69) is 47.6 Å². The lowest BCUT2D eigenvalue weighted by atomic mass is 9.43. The molecule has 1 N–H and O–H groups in total. The highest BCUT2D eigenvalue weighted by Crippen LogP contribution is 2.72. The molecule has 0 radical (unpaired) electrons. The first-order valence-electron chi connectivity index (χ1n) is 13.4. The van der Waals surface area contributed by atoms with Gasteiger partial charge in [-0.25, -0.2) is 0 Å². The zero-order valence-electron chi connectivity index (χ0n) is 21.9. The SMILES string of the molecule is C/C(C=O)=C\CC[C@@H](C)[C@H]1CC[C@@]2(C)C3=C(CC[C@]12C)[C@@]1(C)CC[C@H](O)C(C)(C)[C@@H]1CC3. The number of carbonyl (C=O) groups is 1. The largest absolute Gasteiger partial charge is 0.393 e. The maximum absolute atomic E-state index is 10.9. The fourth-order valence-electron chi connectivity index (χ4n) is 9.45. The molecule has 0 aromatic rings. The second-order valence-corrected chi connectivity index (χ2v) is 13.4. The summed E-state index contributed by atoms with van der Waals surface area (Å²) in [6.07, 6.45) is 15.1. The van der Waals surface area contributed by atoms with Gasteiger partial charge in [-0.1, -0.05) is 58.8 Å². The van der Waals surface area contributed by atoms with Crippen molar-refractivity contribution in [3.8, 4) is 0 Å². The van der Waals surface area contributed by atoms with E-state index in [-0.39, 0.29) is 16.9 Å². The van der Waals surface area contributed by atoms with Crippen LogP contribution in [0.1, 0.15) is 113 Å². The van der Waals surface area contributed by atoms with E-state index in [1.165, 1.54) is 44.9 Å². The smallest absolute Gasteiger partial charge is 0.145 e. The molecule has 32 heavy (non-hydrogen) atoms. The Labute approximate surface area is 197 Å². The first kappa shape index (κ1) is 24.2. The number of hydrogen-bond acceptors (Lipinski definition) is 2. The van der Waals surface area contributed by atoms with Crippen molar-refractivity contribution in [3.05, 3.63) is 22.8 Å². The molecule has 0 saturated heterocycles. The minimum atomic E-state index is -0.152. The number of aldehydes is 1. The maximum Gasteiger partial charge on any atom is 0.145 e. The normalized spacial score (nSPS) is 44.5. The predicted octanol–water partition coefficient (Wildman–Crippen LogP) is 7.66. The van der Waals surface area contributed by atoms with Crippen LogP contribution in [0.3, 0.4) is 0 Å². The van der Waals surface area contributed by atoms with Gasteiger partial charge in [0, 0.05) is 0 Å². The summed E-state index contributed by atoms with van der Waals surface area (Å²) in [7, 11) is 0. The number of hydrogen-bond donors (Lipinski definition) is 1. The molecule has 0 heterocycles. The summed E-state index contributed by atoms with van der Waals surface area (Å²) in [6.45, 7) is 16.9. The number of carbonyl (C=O) groups excluding carboxylic acids is 1. The molecule has 4 aliphatic rings. The molecule has 0 aliphatic heterocycles. The van der Waals surface area contributed by atoms with E-state index in [1.54, 1.807) is 0 Å². The van der Waals surface area contributed by atoms with E-state index in [0.717, 1.165) is 37.0 Å². The first-order valence-corrected chi connectivity index (χ1v) is 13.4. The Morgan fingerprint density at radius 1 is 1.03 bits per heavy atom. The summed E-state index contributed by atoms with van der Waals surface area (Å²) in [4.78, 5) is 10.9. The summed E-state index contributed by atoms with van der Waals surface area (Å²) < 4.78 is 0. The number of aliphatic hydroxyl groups is 1. The third-order valence-corrected chi connectivity index (χ3v) is 11.8. The Morgan fingerprint density at radius 3 is 2.44 bits per heavy atom. The minimum absolute atomic E-state index is 0.0209. The van der Waals surface area contributed by atoms with Gasteiger partial charge in [-0.15, -0.1) is 0 Å². The van der Waals surface area contributed by atoms with Crippen molar-refractivity contribution in [3.63, 3.8) is 0 Å². The second kappa shape index (κ2) is 8.10. The standard InChI is InChI=1S/C30H48O2/c1-20(19-31)9-8-10-21(2)22-13-17-30(7)24-11-12-25-27(3,4)26(32)15-16-28(25,5)23(24)14-18-29(22,30)6/h9,19,21-22,25-26,32H,8,10-18H2,1-7H3/b20-9+/t21-,22-,25+,26+,28-,29-,30+/m1/s1. The zero-order chi connectivity index (χ0) is 23.5. The highest BCUT2D eigenvalue weighted by atomic mass is 16.3. The average Bonchev–Trinajstić information content (AvgIpc) is 3.02. The van der Waals surface area contributed by atoms with Crippen molar-refractivity contribution in [2.45, 2.75) is 119 Å². The number of aliphatic hydroxyl groups excluding tert-OH is 1. The Hall–Kier alpha value is -0.890. The van der Waals surface area contributed by atoms with Gasteiger partial charge in [0.15, 0.2) is 0 Å². The fourth-order valence-corrected chi connectivity index (χ4v) is 9.45. The van der Waals surface area contributed by atoms with E-state index in [9.17, 15) is 9.90 Å². The Bertz CT molecular complexity index is 819. The lowest BCUT2D eigenvalue weighted by molar-refractivity contribution is -0.104. The van der Waals surface area contributed by atoms with Crippen LogP contribution in [0.15, 0.2) is 22.8 Å². The molecule has 180 valence electrons. The van der Waals surface area contributed by atoms with E-state index in [1.807, 2.05) is 18.1 Å². The van der Waals surface area contributed by atoms with Crippen LogP contribution in [0, 0.1) is 39.4 Å². The zero-order valence-corrected chi connectivity index (χ0v) is 21.9. The van der Waals surface area contributed by atoms with Gasteiger partial charge in [-0.2, -0.15) is 0 Å². The van der Waals surface area contributed by atoms with E-state index in [0.29, 0.717) is 22.7 Å². The summed E-state index contributed by atoms with van der Waals surface area (Å²) in [5, 5.41) is 10.8. The van der Waals surface area contributed by atoms with E-state index in [4.69, 9.17) is 0 Å². The van der Waals surface area contributed by atoms with Gasteiger partial charge in [0.2, 0.25) is 0 Å². The van der Waals surface area contributed by atoms with Gasteiger partial charge in [0.1, 0.15) is 6.29 Å². The second-order valence-electron chi connectivity index (χ2n) is 13.4. The molecule has 0 spiro atoms. The molecule has 2 heteroatoms. The number of fused-ring (bicyclic) bond motifs is 4. The van der Waals surface area contributed by atoms with Crippen molar-refractivity contribution < 1.29 is 9.90 Å². The molecular weight excluding hydrogens is 392 g/mol. The minimum Gasteiger partial charge on any atom is -0.393 e. The van der Waals surface area contributed by atoms with Crippen LogP contribution in [0.5, 0.6) is 0 Å². The molecule has 0 bridgehead atoms. The van der Waals surface area contributed by atoms with Crippen LogP contribution in [-0.2, 0) is 4.79 Å². The lowest BCUT2D eigenvalue weighted by Crippen LogP contribution is -2.55. The average molecular weight is 441 g/mol. The van der Waals surface area contributed by atoms with Crippen LogP contribution in [0.4, 0.5) is 0 Å². The number of rotatable bonds is 5. The molecule has 7 atom stereocenters. The topological polar surface area (TPSA) is 37.3 Å². The third kappa shape index (κ3) is 3.33. The molecule has 2 nitrogen and oxygen atoms in total. The maximum atomic E-state index is 10.9. The van der Waals surface area contributed by atoms with Crippen LogP contribution >= 0.6 is 0 Å². The van der Waals surface area contributed by atoms with Gasteiger partial charge in [0.25, 0.3) is 0 Å². The van der Waals surface area contributed by atoms with Gasteiger partial charge < -0.3 is 5.11 Å². The molecule has 2 saturated carbocycles. The van der Waals surface area contributed by atoms with Gasteiger partial charge in [0.05, 0.1) is 6.10 Å². The molecule has 0 amide bonds. The Morgan fingerprint density at radius 2 is 1.75 bits per heavy atom. The van der Waals surface area contributed by atoms with Crippen molar-refractivity contribution in [1.29, 1.82) is 0 Å². The molecular formula is C30H48O2. The molecule has 0 aromatic carbocycles. The lowest BCUT2D eigenvalue weighted by Gasteiger charge is -2.62. The predicted molar refractivity (Wildman–Crippen MR) is 133 cm³/mol. The summed E-state index contributed by atoms with van der Waals surface area (Å²) in [6, 6.07) is 0.